The molecule has 4 amide bonds. The van der Waals surface area contributed by atoms with Crippen molar-refractivity contribution < 1.29 is 33.4 Å². The predicted molar refractivity (Wildman–Crippen MR) is 142 cm³/mol. The number of carbonyl (C=O) groups is 5. The summed E-state index contributed by atoms with van der Waals surface area (Å²) in [7, 11) is 1.21. The molecule has 1 aromatic carbocycles. The summed E-state index contributed by atoms with van der Waals surface area (Å²) in [5.41, 5.74) is 0.0458. The van der Waals surface area contributed by atoms with Gasteiger partial charge in [-0.2, -0.15) is 0 Å². The van der Waals surface area contributed by atoms with Crippen molar-refractivity contribution in [1.82, 2.24) is 21.3 Å². The van der Waals surface area contributed by atoms with Gasteiger partial charge in [-0.25, -0.2) is 9.59 Å². The molecule has 1 rings (SSSR count). The number of hydrogen-bond donors (Lipinski definition) is 4. The van der Waals surface area contributed by atoms with Crippen LogP contribution in [0.1, 0.15) is 60.5 Å². The quantitative estimate of drug-likeness (QED) is 0.299. The summed E-state index contributed by atoms with van der Waals surface area (Å²) in [6.07, 6.45) is -0.262. The molecule has 11 nitrogen and oxygen atoms in total. The second-order valence-corrected chi connectivity index (χ2v) is 10.6. The van der Waals surface area contributed by atoms with Gasteiger partial charge >= 0.3 is 12.1 Å². The van der Waals surface area contributed by atoms with Gasteiger partial charge in [0.2, 0.25) is 17.7 Å². The van der Waals surface area contributed by atoms with Crippen molar-refractivity contribution in [3.63, 3.8) is 0 Å². The van der Waals surface area contributed by atoms with E-state index in [1.807, 2.05) is 19.9 Å². The van der Waals surface area contributed by atoms with Gasteiger partial charge in [-0.1, -0.05) is 44.2 Å². The second kappa shape index (κ2) is 14.9. The highest BCUT2D eigenvalue weighted by Gasteiger charge is 2.30. The summed E-state index contributed by atoms with van der Waals surface area (Å²) in [6, 6.07) is 5.15. The average molecular weight is 535 g/mol. The minimum absolute atomic E-state index is 0.0700. The number of methoxy groups -OCH3 is 1. The number of benzene rings is 1. The zero-order chi connectivity index (χ0) is 29.0. The van der Waals surface area contributed by atoms with Crippen LogP contribution in [-0.4, -0.2) is 66.7 Å². The van der Waals surface area contributed by atoms with E-state index in [4.69, 9.17) is 4.74 Å². The Morgan fingerprint density at radius 2 is 1.32 bits per heavy atom. The molecule has 11 heteroatoms. The fourth-order valence-corrected chi connectivity index (χ4v) is 3.44. The van der Waals surface area contributed by atoms with Crippen molar-refractivity contribution in [2.45, 2.75) is 91.1 Å². The molecule has 0 aromatic heterocycles. The maximum Gasteiger partial charge on any atom is 0.408 e. The maximum atomic E-state index is 13.0. The van der Waals surface area contributed by atoms with Crippen molar-refractivity contribution in [3.8, 4) is 0 Å². The third-order valence-corrected chi connectivity index (χ3v) is 5.30. The van der Waals surface area contributed by atoms with E-state index >= 15 is 0 Å². The van der Waals surface area contributed by atoms with E-state index < -0.39 is 59.6 Å². The van der Waals surface area contributed by atoms with Gasteiger partial charge in [0.1, 0.15) is 29.8 Å². The molecule has 38 heavy (non-hydrogen) atoms. The zero-order valence-electron chi connectivity index (χ0n) is 23.5. The molecule has 4 atom stereocenters. The highest BCUT2D eigenvalue weighted by Crippen LogP contribution is 2.10. The maximum absolute atomic E-state index is 13.0. The molecule has 0 saturated carbocycles. The van der Waals surface area contributed by atoms with E-state index in [1.165, 1.54) is 21.0 Å². The van der Waals surface area contributed by atoms with Gasteiger partial charge in [-0.15, -0.1) is 0 Å². The zero-order valence-corrected chi connectivity index (χ0v) is 23.5. The number of rotatable bonds is 12. The molecule has 0 bridgehead atoms. The van der Waals surface area contributed by atoms with Crippen LogP contribution in [0.2, 0.25) is 0 Å². The monoisotopic (exact) mass is 534 g/mol. The Kier molecular flexibility index (Phi) is 12.7. The summed E-state index contributed by atoms with van der Waals surface area (Å²) in [5.74, 6) is -2.31. The first-order valence-corrected chi connectivity index (χ1v) is 12.6. The first-order chi connectivity index (χ1) is 17.6. The largest absolute Gasteiger partial charge is 0.467 e. The van der Waals surface area contributed by atoms with E-state index in [0.717, 1.165) is 5.56 Å². The lowest BCUT2D eigenvalue weighted by molar-refractivity contribution is -0.144. The molecular weight excluding hydrogens is 492 g/mol. The van der Waals surface area contributed by atoms with E-state index in [9.17, 15) is 24.0 Å². The van der Waals surface area contributed by atoms with Gasteiger partial charge in [-0.3, -0.25) is 14.4 Å². The molecule has 0 aliphatic carbocycles. The summed E-state index contributed by atoms with van der Waals surface area (Å²) >= 11 is 0. The second-order valence-electron chi connectivity index (χ2n) is 10.6. The highest BCUT2D eigenvalue weighted by molar-refractivity contribution is 5.94. The first kappa shape index (κ1) is 32.4. The lowest BCUT2D eigenvalue weighted by Crippen LogP contribution is -2.57. The normalized spacial score (nSPS) is 14.3. The van der Waals surface area contributed by atoms with Gasteiger partial charge < -0.3 is 30.7 Å². The Morgan fingerprint density at radius 1 is 0.763 bits per heavy atom. The van der Waals surface area contributed by atoms with Gasteiger partial charge in [0.05, 0.1) is 7.11 Å². The Balaban J connectivity index is 2.95. The highest BCUT2D eigenvalue weighted by atomic mass is 16.6. The number of esters is 1. The fraction of sp³-hybridized carbons (Fsp3) is 0.593. The van der Waals surface area contributed by atoms with Crippen LogP contribution in [0.25, 0.3) is 0 Å². The standard InChI is InChI=1S/C27H42N4O7/c1-16(2)14-20(31-26(36)38-27(5,6)7)23(33)28-17(3)22(32)30-21(15-19-12-10-9-11-13-19)24(34)29-18(4)25(35)37-8/h9-13,16-18,20-21H,14-15H2,1-8H3,(H,28,33)(H,29,34)(H,30,32)(H,31,36)/t17-,18-,20-,21-/m0/s1. The molecule has 4 N–H and O–H groups in total. The SMILES string of the molecule is COC(=O)[C@H](C)NC(=O)[C@H](Cc1ccccc1)NC(=O)[C@H](C)NC(=O)[C@H](CC(C)C)NC(=O)OC(C)(C)C. The van der Waals surface area contributed by atoms with E-state index in [1.54, 1.807) is 45.0 Å². The van der Waals surface area contributed by atoms with Crippen LogP contribution in [0.15, 0.2) is 30.3 Å². The molecule has 0 saturated heterocycles. The molecule has 0 fully saturated rings. The number of hydrogen-bond acceptors (Lipinski definition) is 7. The van der Waals surface area contributed by atoms with Crippen molar-refractivity contribution in [2.75, 3.05) is 7.11 Å². The molecule has 1 aromatic rings. The number of ether oxygens (including phenoxy) is 2. The Hall–Kier alpha value is -3.63. The molecule has 0 aliphatic heterocycles. The van der Waals surface area contributed by atoms with Crippen LogP contribution < -0.4 is 21.3 Å². The lowest BCUT2D eigenvalue weighted by atomic mass is 10.0. The molecule has 0 radical (unpaired) electrons. The topological polar surface area (TPSA) is 152 Å². The molecule has 0 aliphatic rings. The van der Waals surface area contributed by atoms with Crippen LogP contribution >= 0.6 is 0 Å². The minimum atomic E-state index is -1.03. The van der Waals surface area contributed by atoms with Crippen LogP contribution in [0.3, 0.4) is 0 Å². The van der Waals surface area contributed by atoms with E-state index in [-0.39, 0.29) is 12.3 Å². The molecule has 0 unspecified atom stereocenters. The number of alkyl carbamates (subject to hydrolysis) is 1. The van der Waals surface area contributed by atoms with Crippen LogP contribution in [-0.2, 0) is 35.1 Å². The average Bonchev–Trinajstić information content (AvgIpc) is 2.81. The van der Waals surface area contributed by atoms with Crippen LogP contribution in [0.4, 0.5) is 4.79 Å². The van der Waals surface area contributed by atoms with Gasteiger partial charge in [0, 0.05) is 6.42 Å². The number of carbonyl (C=O) groups excluding carboxylic acids is 5. The Labute approximate surface area is 224 Å². The fourth-order valence-electron chi connectivity index (χ4n) is 3.44. The molecule has 0 heterocycles. The van der Waals surface area contributed by atoms with Crippen molar-refractivity contribution in [1.29, 1.82) is 0 Å². The Morgan fingerprint density at radius 3 is 1.84 bits per heavy atom. The van der Waals surface area contributed by atoms with Gasteiger partial charge in [-0.05, 0) is 52.5 Å². The van der Waals surface area contributed by atoms with E-state index in [2.05, 4.69) is 26.0 Å². The number of amides is 4. The van der Waals surface area contributed by atoms with E-state index in [0.29, 0.717) is 6.42 Å². The minimum Gasteiger partial charge on any atom is -0.467 e. The molecule has 212 valence electrons. The summed E-state index contributed by atoms with van der Waals surface area (Å²) in [6.45, 7) is 11.9. The van der Waals surface area contributed by atoms with Gasteiger partial charge in [0.15, 0.2) is 0 Å². The first-order valence-electron chi connectivity index (χ1n) is 12.6. The lowest BCUT2D eigenvalue weighted by Gasteiger charge is -2.26. The molecular formula is C27H42N4O7. The summed E-state index contributed by atoms with van der Waals surface area (Å²) in [5, 5.41) is 10.4. The van der Waals surface area contributed by atoms with Crippen LogP contribution in [0, 0.1) is 5.92 Å². The third-order valence-electron chi connectivity index (χ3n) is 5.30. The van der Waals surface area contributed by atoms with Crippen molar-refractivity contribution in [2.24, 2.45) is 5.92 Å². The Bertz CT molecular complexity index is 960. The smallest absolute Gasteiger partial charge is 0.408 e. The van der Waals surface area contributed by atoms with Crippen molar-refractivity contribution in [3.05, 3.63) is 35.9 Å². The summed E-state index contributed by atoms with van der Waals surface area (Å²) < 4.78 is 9.91. The summed E-state index contributed by atoms with van der Waals surface area (Å²) in [4.78, 5) is 62.9. The van der Waals surface area contributed by atoms with Crippen LogP contribution in [0.5, 0.6) is 0 Å². The molecule has 0 spiro atoms. The van der Waals surface area contributed by atoms with Crippen molar-refractivity contribution >= 4 is 29.8 Å². The van der Waals surface area contributed by atoms with Gasteiger partial charge in [0.25, 0.3) is 0 Å². The third kappa shape index (κ3) is 12.1. The predicted octanol–water partition coefficient (Wildman–Crippen LogP) is 1.84. The number of nitrogens with one attached hydrogen (secondary N) is 4.